The first-order chi connectivity index (χ1) is 10.9. The summed E-state index contributed by atoms with van der Waals surface area (Å²) in [5.41, 5.74) is 0.325. The quantitative estimate of drug-likeness (QED) is 0.889. The van der Waals surface area contributed by atoms with Crippen LogP contribution in [0.5, 0.6) is 5.75 Å². The van der Waals surface area contributed by atoms with Gasteiger partial charge in [0.05, 0.1) is 18.6 Å². The van der Waals surface area contributed by atoms with Crippen LogP contribution in [0.4, 0.5) is 0 Å². The first-order valence-corrected chi connectivity index (χ1v) is 8.40. The lowest BCUT2D eigenvalue weighted by Crippen LogP contribution is -2.43. The van der Waals surface area contributed by atoms with Crippen LogP contribution in [0.25, 0.3) is 6.08 Å². The second-order valence-corrected chi connectivity index (χ2v) is 7.16. The maximum Gasteiger partial charge on any atom is 0.141 e. The highest BCUT2D eigenvalue weighted by Gasteiger charge is 2.43. The largest absolute Gasteiger partial charge is 0.497 e. The molecule has 3 atom stereocenters. The van der Waals surface area contributed by atoms with Gasteiger partial charge in [-0.15, -0.1) is 0 Å². The van der Waals surface area contributed by atoms with Crippen LogP contribution in [0.2, 0.25) is 0 Å². The third-order valence-electron chi connectivity index (χ3n) is 5.30. The van der Waals surface area contributed by atoms with E-state index < -0.39 is 11.5 Å². The van der Waals surface area contributed by atoms with Crippen molar-refractivity contribution in [3.05, 3.63) is 35.9 Å². The zero-order valence-electron chi connectivity index (χ0n) is 14.6. The number of ketones is 1. The molecule has 0 spiro atoms. The Morgan fingerprint density at radius 3 is 2.48 bits per heavy atom. The Balaban J connectivity index is 2.05. The summed E-state index contributed by atoms with van der Waals surface area (Å²) in [5.74, 6) is 1.97. The van der Waals surface area contributed by atoms with Gasteiger partial charge in [-0.05, 0) is 49.3 Å². The maximum absolute atomic E-state index is 12.6. The number of rotatable bonds is 5. The molecule has 1 aliphatic carbocycles. The minimum Gasteiger partial charge on any atom is -0.497 e. The van der Waals surface area contributed by atoms with Crippen molar-refractivity contribution in [2.75, 3.05) is 7.11 Å². The molecular weight excluding hydrogens is 288 g/mol. The molecule has 1 aromatic carbocycles. The van der Waals surface area contributed by atoms with Crippen LogP contribution < -0.4 is 4.74 Å². The first-order valence-electron chi connectivity index (χ1n) is 8.40. The molecule has 0 bridgehead atoms. The molecule has 1 aliphatic rings. The number of carbonyl (C=O) groups is 1. The zero-order valence-corrected chi connectivity index (χ0v) is 14.6. The molecule has 0 aromatic heterocycles. The van der Waals surface area contributed by atoms with E-state index in [9.17, 15) is 9.90 Å². The fourth-order valence-electron chi connectivity index (χ4n) is 3.21. The Morgan fingerprint density at radius 1 is 1.30 bits per heavy atom. The molecule has 0 aliphatic heterocycles. The topological polar surface area (TPSA) is 46.5 Å². The van der Waals surface area contributed by atoms with E-state index in [1.807, 2.05) is 37.3 Å². The molecule has 1 fully saturated rings. The van der Waals surface area contributed by atoms with Gasteiger partial charge in [-0.2, -0.15) is 0 Å². The van der Waals surface area contributed by atoms with Crippen LogP contribution in [0.3, 0.4) is 0 Å². The maximum atomic E-state index is 12.6. The number of hydrogen-bond donors (Lipinski definition) is 1. The van der Waals surface area contributed by atoms with Gasteiger partial charge in [0.15, 0.2) is 0 Å². The number of hydrogen-bond acceptors (Lipinski definition) is 3. The molecule has 0 radical (unpaired) electrons. The number of carbonyl (C=O) groups excluding carboxylic acids is 1. The van der Waals surface area contributed by atoms with Gasteiger partial charge in [0.2, 0.25) is 0 Å². The predicted octanol–water partition coefficient (Wildman–Crippen LogP) is 4.10. The zero-order chi connectivity index (χ0) is 17.0. The summed E-state index contributed by atoms with van der Waals surface area (Å²) in [5, 5.41) is 10.6. The normalized spacial score (nSPS) is 26.7. The number of aliphatic hydroxyl groups is 1. The van der Waals surface area contributed by atoms with Crippen LogP contribution in [-0.4, -0.2) is 24.1 Å². The molecule has 3 heteroatoms. The Bertz CT molecular complexity index is 559. The fourth-order valence-corrected chi connectivity index (χ4v) is 3.21. The Kier molecular flexibility index (Phi) is 5.64. The summed E-state index contributed by atoms with van der Waals surface area (Å²) >= 11 is 0. The molecule has 0 saturated heterocycles. The van der Waals surface area contributed by atoms with Crippen molar-refractivity contribution in [2.24, 2.45) is 17.3 Å². The monoisotopic (exact) mass is 316 g/mol. The predicted molar refractivity (Wildman–Crippen MR) is 93.3 cm³/mol. The van der Waals surface area contributed by atoms with E-state index in [1.165, 1.54) is 0 Å². The van der Waals surface area contributed by atoms with Gasteiger partial charge in [-0.25, -0.2) is 0 Å². The molecule has 126 valence electrons. The summed E-state index contributed by atoms with van der Waals surface area (Å²) in [6.07, 6.45) is 5.22. The highest BCUT2D eigenvalue weighted by atomic mass is 16.5. The first kappa shape index (κ1) is 17.7. The highest BCUT2D eigenvalue weighted by molar-refractivity contribution is 5.86. The van der Waals surface area contributed by atoms with Crippen molar-refractivity contribution in [3.63, 3.8) is 0 Å². The Morgan fingerprint density at radius 2 is 1.96 bits per heavy atom. The van der Waals surface area contributed by atoms with Crippen LogP contribution in [0.15, 0.2) is 30.3 Å². The molecule has 1 aromatic rings. The fraction of sp³-hybridized carbons (Fsp3) is 0.550. The molecule has 3 nitrogen and oxygen atoms in total. The third kappa shape index (κ3) is 4.03. The van der Waals surface area contributed by atoms with Crippen molar-refractivity contribution >= 4 is 11.9 Å². The average molecular weight is 316 g/mol. The lowest BCUT2D eigenvalue weighted by molar-refractivity contribution is -0.138. The lowest BCUT2D eigenvalue weighted by atomic mass is 9.65. The minimum atomic E-state index is -0.745. The van der Waals surface area contributed by atoms with Crippen molar-refractivity contribution in [2.45, 2.75) is 46.1 Å². The van der Waals surface area contributed by atoms with Crippen molar-refractivity contribution < 1.29 is 14.6 Å². The Labute approximate surface area is 139 Å². The number of methoxy groups -OCH3 is 1. The molecule has 0 unspecified atom stereocenters. The van der Waals surface area contributed by atoms with Gasteiger partial charge in [0.25, 0.3) is 0 Å². The number of benzene rings is 1. The molecule has 2 rings (SSSR count). The third-order valence-corrected chi connectivity index (χ3v) is 5.30. The number of ether oxygens (including phenoxy) is 1. The van der Waals surface area contributed by atoms with Gasteiger partial charge in [-0.3, -0.25) is 4.79 Å². The summed E-state index contributed by atoms with van der Waals surface area (Å²) in [6, 6.07) is 7.63. The summed E-state index contributed by atoms with van der Waals surface area (Å²) < 4.78 is 5.13. The molecule has 23 heavy (non-hydrogen) atoms. The lowest BCUT2D eigenvalue weighted by Gasteiger charge is -2.39. The highest BCUT2D eigenvalue weighted by Crippen LogP contribution is 2.41. The summed E-state index contributed by atoms with van der Waals surface area (Å²) in [6.45, 7) is 6.23. The summed E-state index contributed by atoms with van der Waals surface area (Å²) in [7, 11) is 1.63. The van der Waals surface area contributed by atoms with E-state index in [2.05, 4.69) is 13.8 Å². The van der Waals surface area contributed by atoms with Crippen LogP contribution >= 0.6 is 0 Å². The van der Waals surface area contributed by atoms with Gasteiger partial charge < -0.3 is 9.84 Å². The standard InChI is InChI=1S/C20H28O3/c1-14(2)16-11-12-20(3,19(22)13-16)18(21)10-7-15-5-8-17(23-4)9-6-15/h5-10,14,16,18,21H,11-13H2,1-4H3/b10-7+/t16-,18-,20-/m1/s1. The molecule has 0 heterocycles. The van der Waals surface area contributed by atoms with Crippen molar-refractivity contribution in [1.29, 1.82) is 0 Å². The number of Topliss-reactive ketones (excluding diaryl/α,β-unsaturated/α-hetero) is 1. The number of aliphatic hydroxyl groups excluding tert-OH is 1. The van der Waals surface area contributed by atoms with E-state index in [1.54, 1.807) is 13.2 Å². The SMILES string of the molecule is COc1ccc(/C=C/[C@@H](O)[C@@]2(C)CC[C@@H](C(C)C)CC2=O)cc1. The van der Waals surface area contributed by atoms with Crippen LogP contribution in [0.1, 0.15) is 45.6 Å². The smallest absolute Gasteiger partial charge is 0.141 e. The van der Waals surface area contributed by atoms with E-state index in [0.29, 0.717) is 18.3 Å². The van der Waals surface area contributed by atoms with Crippen molar-refractivity contribution in [3.8, 4) is 5.75 Å². The van der Waals surface area contributed by atoms with E-state index in [4.69, 9.17) is 4.74 Å². The Hall–Kier alpha value is -1.61. The minimum absolute atomic E-state index is 0.189. The molecule has 1 saturated carbocycles. The van der Waals surface area contributed by atoms with Gasteiger partial charge in [0.1, 0.15) is 11.5 Å². The van der Waals surface area contributed by atoms with Crippen molar-refractivity contribution in [1.82, 2.24) is 0 Å². The average Bonchev–Trinajstić information content (AvgIpc) is 2.55. The summed E-state index contributed by atoms with van der Waals surface area (Å²) in [4.78, 5) is 12.6. The van der Waals surface area contributed by atoms with E-state index in [-0.39, 0.29) is 5.78 Å². The van der Waals surface area contributed by atoms with E-state index >= 15 is 0 Å². The van der Waals surface area contributed by atoms with Gasteiger partial charge in [-0.1, -0.05) is 38.1 Å². The van der Waals surface area contributed by atoms with E-state index in [0.717, 1.165) is 24.2 Å². The molecule has 0 amide bonds. The van der Waals surface area contributed by atoms with Gasteiger partial charge in [0, 0.05) is 6.42 Å². The second kappa shape index (κ2) is 7.31. The molecule has 1 N–H and O–H groups in total. The van der Waals surface area contributed by atoms with Gasteiger partial charge >= 0.3 is 0 Å². The van der Waals surface area contributed by atoms with Crippen LogP contribution in [-0.2, 0) is 4.79 Å². The van der Waals surface area contributed by atoms with Crippen LogP contribution in [0, 0.1) is 17.3 Å². The molecular formula is C20H28O3. The second-order valence-electron chi connectivity index (χ2n) is 7.16.